The molecule has 1 aromatic carbocycles. The molecule has 0 radical (unpaired) electrons. The molecule has 0 amide bonds. The van der Waals surface area contributed by atoms with E-state index < -0.39 is 0 Å². The molecule has 1 atom stereocenters. The predicted molar refractivity (Wildman–Crippen MR) is 130 cm³/mol. The normalized spacial score (nSPS) is 19.7. The molecule has 1 aliphatic carbocycles. The van der Waals surface area contributed by atoms with E-state index in [1.165, 1.54) is 50.5 Å². The number of fused-ring (bicyclic) bond motifs is 1. The molecule has 1 unspecified atom stereocenters. The van der Waals surface area contributed by atoms with Gasteiger partial charge in [-0.25, -0.2) is 0 Å². The number of H-pyrrole nitrogens is 1. The molecular formula is C25H39N5. The summed E-state index contributed by atoms with van der Waals surface area (Å²) in [6, 6.07) is 9.02. The zero-order valence-corrected chi connectivity index (χ0v) is 18.8. The second-order valence-corrected chi connectivity index (χ2v) is 8.70. The van der Waals surface area contributed by atoms with E-state index >= 15 is 0 Å². The van der Waals surface area contributed by atoms with Crippen molar-refractivity contribution in [3.05, 3.63) is 55.0 Å². The quantitative estimate of drug-likeness (QED) is 0.496. The number of aromatic amines is 1. The Bertz CT molecular complexity index is 818. The number of allylic oxidation sites excluding steroid dienone is 1. The average Bonchev–Trinajstić information content (AvgIpc) is 3.41. The summed E-state index contributed by atoms with van der Waals surface area (Å²) < 4.78 is 0. The van der Waals surface area contributed by atoms with Crippen molar-refractivity contribution in [3.8, 4) is 0 Å². The van der Waals surface area contributed by atoms with Gasteiger partial charge in [0.25, 0.3) is 0 Å². The van der Waals surface area contributed by atoms with E-state index in [9.17, 15) is 0 Å². The molecule has 5 heteroatoms. The van der Waals surface area contributed by atoms with Crippen LogP contribution >= 0.6 is 0 Å². The van der Waals surface area contributed by atoms with Gasteiger partial charge in [-0.15, -0.1) is 6.58 Å². The fraction of sp³-hybridized carbons (Fsp3) is 0.520. The zero-order chi connectivity index (χ0) is 21.3. The highest BCUT2D eigenvalue weighted by molar-refractivity contribution is 5.83. The van der Waals surface area contributed by atoms with E-state index in [2.05, 4.69) is 76.4 Å². The van der Waals surface area contributed by atoms with Crippen LogP contribution in [0.3, 0.4) is 0 Å². The standard InChI is InChI=1S/C18H27N5.C7H12/c1-13(21-16-5-4-8-23(3)12-16)20-11-17-10-14-9-15(19-2)6-7-18(14)22-17;1-2-7-5-3-4-6-7/h6-7,9-10,16,19-22H,1,4-5,8,11-12H2,2-3H3;2,7H,1,3-6H2. The number of benzene rings is 1. The van der Waals surface area contributed by atoms with Gasteiger partial charge in [-0.2, -0.15) is 0 Å². The Balaban J connectivity index is 0.000000310. The fourth-order valence-corrected chi connectivity index (χ4v) is 4.42. The summed E-state index contributed by atoms with van der Waals surface area (Å²) >= 11 is 0. The maximum absolute atomic E-state index is 4.11. The lowest BCUT2D eigenvalue weighted by molar-refractivity contribution is 0.233. The maximum Gasteiger partial charge on any atom is 0.0918 e. The molecule has 30 heavy (non-hydrogen) atoms. The van der Waals surface area contributed by atoms with Crippen LogP contribution in [0.5, 0.6) is 0 Å². The summed E-state index contributed by atoms with van der Waals surface area (Å²) in [4.78, 5) is 5.81. The number of likely N-dealkylation sites (N-methyl/N-ethyl adjacent to an activating group) is 1. The Morgan fingerprint density at radius 1 is 1.20 bits per heavy atom. The van der Waals surface area contributed by atoms with Crippen molar-refractivity contribution in [2.45, 2.75) is 51.1 Å². The molecule has 4 rings (SSSR count). The molecule has 0 spiro atoms. The Labute approximate surface area is 182 Å². The van der Waals surface area contributed by atoms with Crippen molar-refractivity contribution in [1.82, 2.24) is 20.5 Å². The Morgan fingerprint density at radius 2 is 2.00 bits per heavy atom. The molecule has 0 bridgehead atoms. The minimum absolute atomic E-state index is 0.495. The first-order valence-corrected chi connectivity index (χ1v) is 11.4. The van der Waals surface area contributed by atoms with E-state index in [1.807, 2.05) is 7.05 Å². The van der Waals surface area contributed by atoms with Gasteiger partial charge >= 0.3 is 0 Å². The summed E-state index contributed by atoms with van der Waals surface area (Å²) in [6.45, 7) is 10.9. The van der Waals surface area contributed by atoms with E-state index in [0.717, 1.165) is 41.7 Å². The van der Waals surface area contributed by atoms with Crippen LogP contribution in [0.25, 0.3) is 10.9 Å². The molecule has 1 saturated heterocycles. The van der Waals surface area contributed by atoms with Crippen LogP contribution in [0.1, 0.15) is 44.2 Å². The van der Waals surface area contributed by atoms with Gasteiger partial charge in [0.2, 0.25) is 0 Å². The largest absolute Gasteiger partial charge is 0.388 e. The molecule has 1 saturated carbocycles. The van der Waals surface area contributed by atoms with Crippen molar-refractivity contribution in [2.24, 2.45) is 5.92 Å². The first kappa shape index (κ1) is 22.3. The minimum atomic E-state index is 0.495. The van der Waals surface area contributed by atoms with Crippen LogP contribution in [0.4, 0.5) is 5.69 Å². The van der Waals surface area contributed by atoms with Crippen LogP contribution < -0.4 is 16.0 Å². The molecule has 5 nitrogen and oxygen atoms in total. The third-order valence-corrected chi connectivity index (χ3v) is 6.19. The third kappa shape index (κ3) is 6.56. The number of aromatic nitrogens is 1. The molecule has 2 aliphatic rings. The minimum Gasteiger partial charge on any atom is -0.388 e. The fourth-order valence-electron chi connectivity index (χ4n) is 4.42. The number of nitrogens with one attached hydrogen (secondary N) is 4. The number of nitrogens with zero attached hydrogens (tertiary/aromatic N) is 1. The Morgan fingerprint density at radius 3 is 2.67 bits per heavy atom. The third-order valence-electron chi connectivity index (χ3n) is 6.19. The topological polar surface area (TPSA) is 55.1 Å². The second kappa shape index (κ2) is 11.1. The summed E-state index contributed by atoms with van der Waals surface area (Å²) in [7, 11) is 4.11. The molecular weight excluding hydrogens is 370 g/mol. The monoisotopic (exact) mass is 409 g/mol. The number of rotatable bonds is 7. The van der Waals surface area contributed by atoms with Crippen molar-refractivity contribution < 1.29 is 0 Å². The highest BCUT2D eigenvalue weighted by Crippen LogP contribution is 2.24. The highest BCUT2D eigenvalue weighted by atomic mass is 15.2. The van der Waals surface area contributed by atoms with Gasteiger partial charge in [0, 0.05) is 41.9 Å². The molecule has 164 valence electrons. The Kier molecular flexibility index (Phi) is 8.26. The summed E-state index contributed by atoms with van der Waals surface area (Å²) in [5.74, 6) is 1.76. The molecule has 4 N–H and O–H groups in total. The lowest BCUT2D eigenvalue weighted by Crippen LogP contribution is -2.45. The molecule has 2 fully saturated rings. The number of piperidine rings is 1. The van der Waals surface area contributed by atoms with Crippen LogP contribution in [0.2, 0.25) is 0 Å². The first-order valence-electron chi connectivity index (χ1n) is 11.4. The Hall–Kier alpha value is -2.40. The molecule has 2 heterocycles. The van der Waals surface area contributed by atoms with Crippen LogP contribution in [-0.4, -0.2) is 43.1 Å². The van der Waals surface area contributed by atoms with E-state index in [1.54, 1.807) is 0 Å². The van der Waals surface area contributed by atoms with Gasteiger partial charge in [-0.1, -0.05) is 25.5 Å². The van der Waals surface area contributed by atoms with Gasteiger partial charge < -0.3 is 25.8 Å². The van der Waals surface area contributed by atoms with E-state index in [0.29, 0.717) is 6.04 Å². The van der Waals surface area contributed by atoms with Crippen molar-refractivity contribution >= 4 is 16.6 Å². The van der Waals surface area contributed by atoms with Crippen molar-refractivity contribution in [3.63, 3.8) is 0 Å². The van der Waals surface area contributed by atoms with Crippen molar-refractivity contribution in [1.29, 1.82) is 0 Å². The number of hydrogen-bond donors (Lipinski definition) is 4. The van der Waals surface area contributed by atoms with Gasteiger partial charge in [0.05, 0.1) is 12.4 Å². The van der Waals surface area contributed by atoms with Gasteiger partial charge in [-0.05, 0) is 69.5 Å². The molecule has 1 aromatic heterocycles. The van der Waals surface area contributed by atoms with Gasteiger partial charge in [0.15, 0.2) is 0 Å². The maximum atomic E-state index is 4.11. The highest BCUT2D eigenvalue weighted by Gasteiger charge is 2.17. The van der Waals surface area contributed by atoms with Gasteiger partial charge in [0.1, 0.15) is 0 Å². The van der Waals surface area contributed by atoms with Gasteiger partial charge in [-0.3, -0.25) is 0 Å². The van der Waals surface area contributed by atoms with Crippen LogP contribution in [-0.2, 0) is 6.54 Å². The summed E-state index contributed by atoms with van der Waals surface area (Å²) in [6.07, 6.45) is 10.2. The number of anilines is 1. The molecule has 2 aromatic rings. The van der Waals surface area contributed by atoms with E-state index in [-0.39, 0.29) is 0 Å². The first-order chi connectivity index (χ1) is 14.6. The lowest BCUT2D eigenvalue weighted by atomic mass is 10.1. The summed E-state index contributed by atoms with van der Waals surface area (Å²) in [5, 5.41) is 11.3. The zero-order valence-electron chi connectivity index (χ0n) is 18.8. The van der Waals surface area contributed by atoms with Crippen molar-refractivity contribution in [2.75, 3.05) is 32.5 Å². The van der Waals surface area contributed by atoms with E-state index in [4.69, 9.17) is 0 Å². The van der Waals surface area contributed by atoms with Crippen LogP contribution in [0.15, 0.2) is 49.3 Å². The average molecular weight is 410 g/mol. The predicted octanol–water partition coefficient (Wildman–Crippen LogP) is 4.82. The summed E-state index contributed by atoms with van der Waals surface area (Å²) in [5.41, 5.74) is 3.45. The smallest absolute Gasteiger partial charge is 0.0918 e. The molecule has 1 aliphatic heterocycles. The van der Waals surface area contributed by atoms with Crippen LogP contribution in [0, 0.1) is 5.92 Å². The lowest BCUT2D eigenvalue weighted by Gasteiger charge is -2.31. The second-order valence-electron chi connectivity index (χ2n) is 8.70. The number of hydrogen-bond acceptors (Lipinski definition) is 4. The SMILES string of the molecule is C=C(NCc1cc2cc(NC)ccc2[nH]1)NC1CCCN(C)C1.C=CC1CCCC1. The number of likely N-dealkylation sites (tertiary alicyclic amines) is 1.